The summed E-state index contributed by atoms with van der Waals surface area (Å²) in [5.41, 5.74) is 0. The van der Waals surface area contributed by atoms with E-state index in [0.29, 0.717) is 0 Å². The molecule has 3 atom stereocenters. The van der Waals surface area contributed by atoms with Crippen molar-refractivity contribution >= 4 is 11.8 Å². The lowest BCUT2D eigenvalue weighted by Gasteiger charge is -2.32. The molecule has 1 nitrogen and oxygen atoms in total. The van der Waals surface area contributed by atoms with Gasteiger partial charge in [-0.1, -0.05) is 19.3 Å². The highest BCUT2D eigenvalue weighted by Crippen LogP contribution is 2.43. The van der Waals surface area contributed by atoms with Crippen molar-refractivity contribution in [2.45, 2.75) is 69.1 Å². The average molecular weight is 253 g/mol. The molecular formula is C15H27NS. The maximum atomic E-state index is 3.88. The Morgan fingerprint density at radius 1 is 0.882 bits per heavy atom. The number of rotatable bonds is 4. The lowest BCUT2D eigenvalue weighted by atomic mass is 9.82. The van der Waals surface area contributed by atoms with Gasteiger partial charge in [-0.15, -0.1) is 0 Å². The van der Waals surface area contributed by atoms with E-state index in [-0.39, 0.29) is 0 Å². The Bertz CT molecular complexity index is 233. The average Bonchev–Trinajstić information content (AvgIpc) is 3.22. The SMILES string of the molecule is C1CCC(CNC2CCCC(C3CC3)C2)SC1. The molecule has 1 aliphatic heterocycles. The molecule has 2 aliphatic carbocycles. The van der Waals surface area contributed by atoms with Gasteiger partial charge in [0.1, 0.15) is 0 Å². The van der Waals surface area contributed by atoms with E-state index >= 15 is 0 Å². The second kappa shape index (κ2) is 5.97. The van der Waals surface area contributed by atoms with Crippen LogP contribution in [0.4, 0.5) is 0 Å². The van der Waals surface area contributed by atoms with E-state index in [1.165, 1.54) is 70.1 Å². The summed E-state index contributed by atoms with van der Waals surface area (Å²) < 4.78 is 0. The molecule has 3 fully saturated rings. The molecule has 1 N–H and O–H groups in total. The fourth-order valence-corrected chi connectivity index (χ4v) is 4.93. The summed E-state index contributed by atoms with van der Waals surface area (Å²) >= 11 is 2.21. The van der Waals surface area contributed by atoms with Gasteiger partial charge in [-0.25, -0.2) is 0 Å². The van der Waals surface area contributed by atoms with Crippen LogP contribution < -0.4 is 5.32 Å². The van der Waals surface area contributed by atoms with Gasteiger partial charge in [-0.2, -0.15) is 11.8 Å². The van der Waals surface area contributed by atoms with Crippen LogP contribution >= 0.6 is 11.8 Å². The largest absolute Gasteiger partial charge is 0.313 e. The molecular weight excluding hydrogens is 226 g/mol. The molecule has 98 valence electrons. The molecule has 1 saturated heterocycles. The quantitative estimate of drug-likeness (QED) is 0.817. The molecule has 0 aromatic carbocycles. The van der Waals surface area contributed by atoms with Gasteiger partial charge in [-0.05, 0) is 56.1 Å². The molecule has 1 heterocycles. The minimum atomic E-state index is 0.858. The van der Waals surface area contributed by atoms with Crippen LogP contribution in [0.3, 0.4) is 0 Å². The first kappa shape index (κ1) is 12.3. The second-order valence-corrected chi connectivity index (χ2v) is 7.77. The smallest absolute Gasteiger partial charge is 0.0172 e. The van der Waals surface area contributed by atoms with Gasteiger partial charge in [0.05, 0.1) is 0 Å². The van der Waals surface area contributed by atoms with E-state index in [4.69, 9.17) is 0 Å². The van der Waals surface area contributed by atoms with Crippen molar-refractivity contribution in [1.29, 1.82) is 0 Å². The summed E-state index contributed by atoms with van der Waals surface area (Å²) in [7, 11) is 0. The molecule has 0 aromatic heterocycles. The van der Waals surface area contributed by atoms with E-state index in [9.17, 15) is 0 Å². The van der Waals surface area contributed by atoms with Crippen molar-refractivity contribution < 1.29 is 0 Å². The van der Waals surface area contributed by atoms with Crippen LogP contribution in [-0.2, 0) is 0 Å². The standard InChI is InChI=1S/C15H27NS/c1-2-9-17-15(6-1)11-16-14-5-3-4-13(10-14)12-7-8-12/h12-16H,1-11H2. The number of hydrogen-bond donors (Lipinski definition) is 1. The predicted octanol–water partition coefficient (Wildman–Crippen LogP) is 3.83. The van der Waals surface area contributed by atoms with Gasteiger partial charge in [0.25, 0.3) is 0 Å². The zero-order valence-electron chi connectivity index (χ0n) is 11.0. The molecule has 3 aliphatic rings. The van der Waals surface area contributed by atoms with Crippen LogP contribution in [0, 0.1) is 11.8 Å². The second-order valence-electron chi connectivity index (χ2n) is 6.36. The van der Waals surface area contributed by atoms with Crippen LogP contribution in [-0.4, -0.2) is 23.6 Å². The van der Waals surface area contributed by atoms with E-state index in [2.05, 4.69) is 17.1 Å². The number of thioether (sulfide) groups is 1. The monoisotopic (exact) mass is 253 g/mol. The van der Waals surface area contributed by atoms with Crippen LogP contribution in [0.15, 0.2) is 0 Å². The Kier molecular flexibility index (Phi) is 4.34. The van der Waals surface area contributed by atoms with Gasteiger partial charge in [0, 0.05) is 17.8 Å². The van der Waals surface area contributed by atoms with Crippen molar-refractivity contribution in [2.24, 2.45) is 11.8 Å². The Morgan fingerprint density at radius 3 is 2.59 bits per heavy atom. The predicted molar refractivity (Wildman–Crippen MR) is 76.6 cm³/mol. The maximum absolute atomic E-state index is 3.88. The zero-order chi connectivity index (χ0) is 11.5. The van der Waals surface area contributed by atoms with Gasteiger partial charge >= 0.3 is 0 Å². The summed E-state index contributed by atoms with van der Waals surface area (Å²) in [6.07, 6.45) is 13.4. The first-order valence-corrected chi connectivity index (χ1v) is 8.81. The molecule has 17 heavy (non-hydrogen) atoms. The Morgan fingerprint density at radius 2 is 1.82 bits per heavy atom. The molecule has 3 rings (SSSR count). The van der Waals surface area contributed by atoms with E-state index < -0.39 is 0 Å². The van der Waals surface area contributed by atoms with Gasteiger partial charge in [0.15, 0.2) is 0 Å². The first-order chi connectivity index (χ1) is 8.42. The fourth-order valence-electron chi connectivity index (χ4n) is 3.68. The highest BCUT2D eigenvalue weighted by atomic mass is 32.2. The third-order valence-corrected chi connectivity index (χ3v) is 6.31. The van der Waals surface area contributed by atoms with Gasteiger partial charge in [0.2, 0.25) is 0 Å². The minimum Gasteiger partial charge on any atom is -0.313 e. The minimum absolute atomic E-state index is 0.858. The Hall–Kier alpha value is 0.310. The molecule has 2 saturated carbocycles. The maximum Gasteiger partial charge on any atom is 0.0172 e. The van der Waals surface area contributed by atoms with Crippen LogP contribution in [0.1, 0.15) is 57.8 Å². The molecule has 2 heteroatoms. The van der Waals surface area contributed by atoms with E-state index in [1.54, 1.807) is 0 Å². The number of nitrogens with one attached hydrogen (secondary N) is 1. The van der Waals surface area contributed by atoms with Crippen molar-refractivity contribution in [2.75, 3.05) is 12.3 Å². The Labute approximate surface area is 111 Å². The van der Waals surface area contributed by atoms with Crippen LogP contribution in [0.25, 0.3) is 0 Å². The van der Waals surface area contributed by atoms with Crippen LogP contribution in [0.2, 0.25) is 0 Å². The summed E-state index contributed by atoms with van der Waals surface area (Å²) in [6.45, 7) is 1.28. The first-order valence-electron chi connectivity index (χ1n) is 7.77. The molecule has 0 spiro atoms. The zero-order valence-corrected chi connectivity index (χ0v) is 11.8. The molecule has 3 unspecified atom stereocenters. The summed E-state index contributed by atoms with van der Waals surface area (Å²) in [6, 6.07) is 0.858. The topological polar surface area (TPSA) is 12.0 Å². The third-order valence-electron chi connectivity index (χ3n) is 4.91. The lowest BCUT2D eigenvalue weighted by Crippen LogP contribution is -2.38. The lowest BCUT2D eigenvalue weighted by molar-refractivity contribution is 0.261. The van der Waals surface area contributed by atoms with Crippen molar-refractivity contribution in [1.82, 2.24) is 5.32 Å². The highest BCUT2D eigenvalue weighted by Gasteiger charge is 2.34. The molecule has 0 amide bonds. The molecule has 0 aromatic rings. The molecule has 0 radical (unpaired) electrons. The van der Waals surface area contributed by atoms with Crippen molar-refractivity contribution in [3.05, 3.63) is 0 Å². The normalized spacial score (nSPS) is 39.2. The van der Waals surface area contributed by atoms with E-state index in [1.807, 2.05) is 0 Å². The number of hydrogen-bond acceptors (Lipinski definition) is 2. The summed E-state index contributed by atoms with van der Waals surface area (Å²) in [5, 5.41) is 4.80. The fraction of sp³-hybridized carbons (Fsp3) is 1.00. The van der Waals surface area contributed by atoms with E-state index in [0.717, 1.165) is 23.1 Å². The third kappa shape index (κ3) is 3.64. The van der Waals surface area contributed by atoms with Crippen molar-refractivity contribution in [3.8, 4) is 0 Å². The highest BCUT2D eigenvalue weighted by molar-refractivity contribution is 7.99. The van der Waals surface area contributed by atoms with Gasteiger partial charge < -0.3 is 5.32 Å². The molecule has 0 bridgehead atoms. The van der Waals surface area contributed by atoms with Gasteiger partial charge in [-0.3, -0.25) is 0 Å². The summed E-state index contributed by atoms with van der Waals surface area (Å²) in [4.78, 5) is 0. The van der Waals surface area contributed by atoms with Crippen molar-refractivity contribution in [3.63, 3.8) is 0 Å². The van der Waals surface area contributed by atoms with Crippen LogP contribution in [0.5, 0.6) is 0 Å². The summed E-state index contributed by atoms with van der Waals surface area (Å²) in [5.74, 6) is 3.62. The Balaban J connectivity index is 1.38.